The van der Waals surface area contributed by atoms with Crippen molar-refractivity contribution in [1.82, 2.24) is 9.78 Å². The van der Waals surface area contributed by atoms with Crippen LogP contribution in [0.25, 0.3) is 5.69 Å². The van der Waals surface area contributed by atoms with Crippen LogP contribution in [0, 0.1) is 0 Å². The second-order valence-electron chi connectivity index (χ2n) is 5.08. The Balaban J connectivity index is 2.16. The van der Waals surface area contributed by atoms with Crippen LogP contribution in [0.2, 0.25) is 10.0 Å². The molecular weight excluding hydrogens is 309 g/mol. The van der Waals surface area contributed by atoms with E-state index in [0.717, 1.165) is 43.0 Å². The highest BCUT2D eigenvalue weighted by molar-refractivity contribution is 6.43. The summed E-state index contributed by atoms with van der Waals surface area (Å²) in [7, 11) is 1.68. The lowest BCUT2D eigenvalue weighted by Gasteiger charge is -2.11. The van der Waals surface area contributed by atoms with E-state index in [0.29, 0.717) is 16.7 Å². The molecule has 0 fully saturated rings. The van der Waals surface area contributed by atoms with Crippen molar-refractivity contribution in [2.45, 2.75) is 25.9 Å². The van der Waals surface area contributed by atoms with Crippen molar-refractivity contribution in [1.29, 1.82) is 0 Å². The Labute approximate surface area is 134 Å². The number of hydrogen-bond acceptors (Lipinski definition) is 3. The highest BCUT2D eigenvalue weighted by atomic mass is 35.5. The van der Waals surface area contributed by atoms with Gasteiger partial charge >= 0.3 is 0 Å². The summed E-state index contributed by atoms with van der Waals surface area (Å²) in [6, 6.07) is 5.58. The number of rotatable bonds is 3. The molecule has 1 aromatic carbocycles. The standard InChI is InChI=1S/C15H17Cl2N3O/c1-21-9-12-10-5-2-3-8-18-15(10)20(19-12)13-7-4-6-11(16)14(13)17/h4,6-7,18H,2-3,5,8-9H2,1H3. The molecule has 6 heteroatoms. The smallest absolute Gasteiger partial charge is 0.133 e. The van der Waals surface area contributed by atoms with Crippen LogP contribution >= 0.6 is 23.2 Å². The van der Waals surface area contributed by atoms with Gasteiger partial charge in [0.1, 0.15) is 5.82 Å². The molecule has 0 spiro atoms. The monoisotopic (exact) mass is 325 g/mol. The SMILES string of the molecule is COCc1nn(-c2cccc(Cl)c2Cl)c2c1CCCCN2. The van der Waals surface area contributed by atoms with Crippen LogP contribution in [0.5, 0.6) is 0 Å². The molecule has 0 bridgehead atoms. The zero-order valence-corrected chi connectivity index (χ0v) is 13.3. The topological polar surface area (TPSA) is 39.1 Å². The lowest BCUT2D eigenvalue weighted by molar-refractivity contribution is 0.180. The van der Waals surface area contributed by atoms with Gasteiger partial charge in [0.05, 0.1) is 28.0 Å². The number of hydrogen-bond donors (Lipinski definition) is 1. The van der Waals surface area contributed by atoms with Gasteiger partial charge in [0.25, 0.3) is 0 Å². The van der Waals surface area contributed by atoms with Gasteiger partial charge in [-0.15, -0.1) is 0 Å². The lowest BCUT2D eigenvalue weighted by atomic mass is 10.1. The third-order valence-electron chi connectivity index (χ3n) is 3.65. The predicted octanol–water partition coefficient (Wildman–Crippen LogP) is 4.07. The first-order valence-electron chi connectivity index (χ1n) is 7.00. The van der Waals surface area contributed by atoms with Gasteiger partial charge in [-0.3, -0.25) is 0 Å². The molecule has 21 heavy (non-hydrogen) atoms. The minimum Gasteiger partial charge on any atom is -0.378 e. The van der Waals surface area contributed by atoms with Gasteiger partial charge in [-0.2, -0.15) is 5.10 Å². The summed E-state index contributed by atoms with van der Waals surface area (Å²) in [5.41, 5.74) is 2.96. The van der Waals surface area contributed by atoms with Crippen molar-refractivity contribution < 1.29 is 4.74 Å². The normalized spacial score (nSPS) is 14.4. The summed E-state index contributed by atoms with van der Waals surface area (Å²) >= 11 is 12.5. The first-order valence-corrected chi connectivity index (χ1v) is 7.76. The maximum absolute atomic E-state index is 6.35. The molecule has 0 radical (unpaired) electrons. The molecule has 1 aromatic heterocycles. The molecule has 0 aliphatic carbocycles. The Hall–Kier alpha value is -1.23. The maximum atomic E-state index is 6.35. The van der Waals surface area contributed by atoms with Crippen LogP contribution in [-0.2, 0) is 17.8 Å². The van der Waals surface area contributed by atoms with Gasteiger partial charge in [0.15, 0.2) is 0 Å². The van der Waals surface area contributed by atoms with Crippen LogP contribution in [0.15, 0.2) is 18.2 Å². The number of aromatic nitrogens is 2. The fraction of sp³-hybridized carbons (Fsp3) is 0.400. The fourth-order valence-electron chi connectivity index (χ4n) is 2.66. The fourth-order valence-corrected chi connectivity index (χ4v) is 3.03. The molecule has 0 amide bonds. The molecule has 3 rings (SSSR count). The molecule has 1 aliphatic heterocycles. The van der Waals surface area contributed by atoms with E-state index >= 15 is 0 Å². The van der Waals surface area contributed by atoms with E-state index in [-0.39, 0.29) is 0 Å². The van der Waals surface area contributed by atoms with Gasteiger partial charge in [-0.1, -0.05) is 29.3 Å². The van der Waals surface area contributed by atoms with Crippen LogP contribution in [0.1, 0.15) is 24.1 Å². The van der Waals surface area contributed by atoms with E-state index in [1.54, 1.807) is 13.2 Å². The van der Waals surface area contributed by atoms with Gasteiger partial charge in [-0.05, 0) is 31.4 Å². The van der Waals surface area contributed by atoms with Crippen molar-refractivity contribution in [3.8, 4) is 5.69 Å². The second kappa shape index (κ2) is 6.26. The van der Waals surface area contributed by atoms with E-state index in [1.807, 2.05) is 16.8 Å². The van der Waals surface area contributed by atoms with Crippen LogP contribution < -0.4 is 5.32 Å². The largest absolute Gasteiger partial charge is 0.378 e. The van der Waals surface area contributed by atoms with Gasteiger partial charge < -0.3 is 10.1 Å². The quantitative estimate of drug-likeness (QED) is 0.924. The number of methoxy groups -OCH3 is 1. The maximum Gasteiger partial charge on any atom is 0.133 e. The molecule has 2 heterocycles. The number of halogens is 2. The van der Waals surface area contributed by atoms with E-state index < -0.39 is 0 Å². The minimum absolute atomic E-state index is 0.495. The molecule has 112 valence electrons. The molecule has 1 aliphatic rings. The second-order valence-corrected chi connectivity index (χ2v) is 5.86. The number of benzene rings is 1. The molecule has 0 atom stereocenters. The van der Waals surface area contributed by atoms with Crippen molar-refractivity contribution >= 4 is 29.0 Å². The van der Waals surface area contributed by atoms with Crippen molar-refractivity contribution in [3.63, 3.8) is 0 Å². The van der Waals surface area contributed by atoms with Crippen LogP contribution in [-0.4, -0.2) is 23.4 Å². The Morgan fingerprint density at radius 1 is 1.33 bits per heavy atom. The summed E-state index contributed by atoms with van der Waals surface area (Å²) in [5.74, 6) is 1.00. The molecule has 4 nitrogen and oxygen atoms in total. The Morgan fingerprint density at radius 3 is 3.00 bits per heavy atom. The summed E-state index contributed by atoms with van der Waals surface area (Å²) in [5, 5.41) is 9.18. The van der Waals surface area contributed by atoms with E-state index in [2.05, 4.69) is 10.4 Å². The molecule has 0 unspecified atom stereocenters. The van der Waals surface area contributed by atoms with Crippen molar-refractivity contribution in [2.24, 2.45) is 0 Å². The minimum atomic E-state index is 0.495. The lowest BCUT2D eigenvalue weighted by Crippen LogP contribution is -2.07. The van der Waals surface area contributed by atoms with Crippen LogP contribution in [0.3, 0.4) is 0 Å². The summed E-state index contributed by atoms with van der Waals surface area (Å²) in [6.45, 7) is 1.43. The Morgan fingerprint density at radius 2 is 2.19 bits per heavy atom. The summed E-state index contributed by atoms with van der Waals surface area (Å²) in [6.07, 6.45) is 3.29. The zero-order chi connectivity index (χ0) is 14.8. The summed E-state index contributed by atoms with van der Waals surface area (Å²) in [4.78, 5) is 0. The average Bonchev–Trinajstić information content (AvgIpc) is 2.66. The van der Waals surface area contributed by atoms with Gasteiger partial charge in [0.2, 0.25) is 0 Å². The third-order valence-corrected chi connectivity index (χ3v) is 4.46. The molecule has 0 saturated heterocycles. The Kier molecular flexibility index (Phi) is 4.38. The van der Waals surface area contributed by atoms with Crippen LogP contribution in [0.4, 0.5) is 5.82 Å². The molecule has 1 N–H and O–H groups in total. The molecule has 0 saturated carbocycles. The number of nitrogens with one attached hydrogen (secondary N) is 1. The average molecular weight is 326 g/mol. The highest BCUT2D eigenvalue weighted by Gasteiger charge is 2.21. The van der Waals surface area contributed by atoms with Gasteiger partial charge in [0, 0.05) is 19.2 Å². The van der Waals surface area contributed by atoms with Crippen molar-refractivity contribution in [3.05, 3.63) is 39.5 Å². The number of fused-ring (bicyclic) bond motifs is 1. The molecular formula is C15H17Cl2N3O. The highest BCUT2D eigenvalue weighted by Crippen LogP contribution is 2.33. The molecule has 2 aromatic rings. The number of anilines is 1. The number of ether oxygens (including phenoxy) is 1. The Bertz CT molecular complexity index is 655. The summed E-state index contributed by atoms with van der Waals surface area (Å²) < 4.78 is 7.13. The first-order chi connectivity index (χ1) is 10.2. The van der Waals surface area contributed by atoms with E-state index in [9.17, 15) is 0 Å². The van der Waals surface area contributed by atoms with E-state index in [1.165, 1.54) is 5.56 Å². The zero-order valence-electron chi connectivity index (χ0n) is 11.8. The predicted molar refractivity (Wildman–Crippen MR) is 85.7 cm³/mol. The first kappa shape index (κ1) is 14.7. The van der Waals surface area contributed by atoms with Crippen molar-refractivity contribution in [2.75, 3.05) is 19.0 Å². The van der Waals surface area contributed by atoms with Gasteiger partial charge in [-0.25, -0.2) is 4.68 Å². The third kappa shape index (κ3) is 2.76. The van der Waals surface area contributed by atoms with E-state index in [4.69, 9.17) is 27.9 Å². The number of nitrogens with zero attached hydrogens (tertiary/aromatic N) is 2.